The van der Waals surface area contributed by atoms with Crippen LogP contribution in [0.3, 0.4) is 0 Å². The summed E-state index contributed by atoms with van der Waals surface area (Å²) in [7, 11) is 1.65. The van der Waals surface area contributed by atoms with Gasteiger partial charge in [0.25, 0.3) is 0 Å². The summed E-state index contributed by atoms with van der Waals surface area (Å²) in [6.45, 7) is 0. The van der Waals surface area contributed by atoms with Crippen LogP contribution in [-0.2, 0) is 0 Å². The van der Waals surface area contributed by atoms with Gasteiger partial charge in [0.2, 0.25) is 0 Å². The fourth-order valence-corrected chi connectivity index (χ4v) is 1.48. The Balaban J connectivity index is 2.30. The smallest absolute Gasteiger partial charge is 0.122 e. The van der Waals surface area contributed by atoms with E-state index in [1.54, 1.807) is 7.11 Å². The van der Waals surface area contributed by atoms with Crippen molar-refractivity contribution in [3.63, 3.8) is 0 Å². The minimum absolute atomic E-state index is 0.599. The predicted molar refractivity (Wildman–Crippen MR) is 60.4 cm³/mol. The quantitative estimate of drug-likeness (QED) is 0.792. The van der Waals surface area contributed by atoms with Crippen molar-refractivity contribution in [3.05, 3.63) is 29.8 Å². The summed E-state index contributed by atoms with van der Waals surface area (Å²) >= 11 is 0. The van der Waals surface area contributed by atoms with E-state index in [2.05, 4.69) is 10.2 Å². The van der Waals surface area contributed by atoms with Crippen molar-refractivity contribution >= 4 is 11.5 Å². The fraction of sp³-hybridized carbons (Fsp3) is 0.273. The lowest BCUT2D eigenvalue weighted by Gasteiger charge is -2.10. The molecular formula is C11H13N3O. The molecule has 0 aromatic heterocycles. The lowest BCUT2D eigenvalue weighted by atomic mass is 10.0. The molecule has 1 aromatic carbocycles. The molecule has 0 saturated carbocycles. The first kappa shape index (κ1) is 9.71. The van der Waals surface area contributed by atoms with Gasteiger partial charge in [-0.05, 0) is 18.6 Å². The van der Waals surface area contributed by atoms with Crippen LogP contribution < -0.4 is 10.5 Å². The number of ether oxygens (including phenoxy) is 1. The van der Waals surface area contributed by atoms with E-state index in [0.717, 1.165) is 29.9 Å². The first-order chi connectivity index (χ1) is 7.29. The van der Waals surface area contributed by atoms with Crippen molar-refractivity contribution in [2.75, 3.05) is 7.11 Å². The van der Waals surface area contributed by atoms with E-state index in [1.807, 2.05) is 24.3 Å². The number of nitrogens with two attached hydrogens (primary N) is 1. The van der Waals surface area contributed by atoms with Crippen LogP contribution in [0.2, 0.25) is 0 Å². The van der Waals surface area contributed by atoms with Crippen molar-refractivity contribution < 1.29 is 4.74 Å². The SMILES string of the molecule is COc1cccc(C2=NN=C(N)CC2)c1. The second kappa shape index (κ2) is 4.13. The highest BCUT2D eigenvalue weighted by atomic mass is 16.5. The zero-order valence-electron chi connectivity index (χ0n) is 8.60. The number of hydrogen-bond donors (Lipinski definition) is 1. The van der Waals surface area contributed by atoms with Gasteiger partial charge in [-0.2, -0.15) is 5.10 Å². The Morgan fingerprint density at radius 2 is 2.13 bits per heavy atom. The minimum Gasteiger partial charge on any atom is -0.497 e. The molecule has 2 N–H and O–H groups in total. The number of amidine groups is 1. The van der Waals surface area contributed by atoms with Crippen LogP contribution in [0.25, 0.3) is 0 Å². The highest BCUT2D eigenvalue weighted by Gasteiger charge is 2.09. The van der Waals surface area contributed by atoms with Crippen molar-refractivity contribution in [1.82, 2.24) is 0 Å². The van der Waals surface area contributed by atoms with Gasteiger partial charge in [0.05, 0.1) is 12.8 Å². The zero-order valence-corrected chi connectivity index (χ0v) is 8.60. The second-order valence-corrected chi connectivity index (χ2v) is 3.37. The highest BCUT2D eigenvalue weighted by Crippen LogP contribution is 2.16. The third-order valence-electron chi connectivity index (χ3n) is 2.32. The summed E-state index contributed by atoms with van der Waals surface area (Å²) in [4.78, 5) is 0. The van der Waals surface area contributed by atoms with E-state index in [1.165, 1.54) is 0 Å². The van der Waals surface area contributed by atoms with Gasteiger partial charge in [-0.1, -0.05) is 12.1 Å². The summed E-state index contributed by atoms with van der Waals surface area (Å²) < 4.78 is 5.15. The Labute approximate surface area is 88.5 Å². The third-order valence-corrected chi connectivity index (χ3v) is 2.32. The summed E-state index contributed by atoms with van der Waals surface area (Å²) in [6, 6.07) is 7.80. The van der Waals surface area contributed by atoms with Crippen LogP contribution in [-0.4, -0.2) is 18.7 Å². The van der Waals surface area contributed by atoms with Crippen LogP contribution in [0.1, 0.15) is 18.4 Å². The van der Waals surface area contributed by atoms with Gasteiger partial charge in [0.15, 0.2) is 0 Å². The van der Waals surface area contributed by atoms with Gasteiger partial charge < -0.3 is 10.5 Å². The van der Waals surface area contributed by atoms with Gasteiger partial charge in [-0.15, -0.1) is 5.10 Å². The van der Waals surface area contributed by atoms with Crippen molar-refractivity contribution in [1.29, 1.82) is 0 Å². The first-order valence-electron chi connectivity index (χ1n) is 4.83. The van der Waals surface area contributed by atoms with Gasteiger partial charge in [0, 0.05) is 12.0 Å². The maximum Gasteiger partial charge on any atom is 0.122 e. The minimum atomic E-state index is 0.599. The Hall–Kier alpha value is -1.84. The molecule has 2 rings (SSSR count). The molecule has 1 heterocycles. The largest absolute Gasteiger partial charge is 0.497 e. The molecule has 0 saturated heterocycles. The van der Waals surface area contributed by atoms with Crippen LogP contribution in [0.5, 0.6) is 5.75 Å². The maximum atomic E-state index is 5.55. The molecule has 0 radical (unpaired) electrons. The number of benzene rings is 1. The van der Waals surface area contributed by atoms with Crippen molar-refractivity contribution in [2.24, 2.45) is 15.9 Å². The number of rotatable bonds is 2. The summed E-state index contributed by atoms with van der Waals surface area (Å²) in [5.41, 5.74) is 7.56. The summed E-state index contributed by atoms with van der Waals surface area (Å²) in [6.07, 6.45) is 1.61. The Kier molecular flexibility index (Phi) is 2.67. The molecule has 78 valence electrons. The van der Waals surface area contributed by atoms with Crippen LogP contribution >= 0.6 is 0 Å². The molecule has 1 aromatic rings. The number of hydrogen-bond acceptors (Lipinski definition) is 4. The molecule has 0 atom stereocenters. The first-order valence-corrected chi connectivity index (χ1v) is 4.83. The average Bonchev–Trinajstić information content (AvgIpc) is 2.30. The van der Waals surface area contributed by atoms with Gasteiger partial charge >= 0.3 is 0 Å². The Bertz CT molecular complexity index is 424. The summed E-state index contributed by atoms with van der Waals surface area (Å²) in [5.74, 6) is 1.43. The number of methoxy groups -OCH3 is 1. The summed E-state index contributed by atoms with van der Waals surface area (Å²) in [5, 5.41) is 7.96. The number of nitrogens with zero attached hydrogens (tertiary/aromatic N) is 2. The molecule has 0 fully saturated rings. The van der Waals surface area contributed by atoms with Crippen molar-refractivity contribution in [3.8, 4) is 5.75 Å². The fourth-order valence-electron chi connectivity index (χ4n) is 1.48. The van der Waals surface area contributed by atoms with E-state index in [-0.39, 0.29) is 0 Å². The molecule has 0 amide bonds. The van der Waals surface area contributed by atoms with Gasteiger partial charge in [-0.25, -0.2) is 0 Å². The molecule has 0 unspecified atom stereocenters. The molecule has 1 aliphatic rings. The van der Waals surface area contributed by atoms with Crippen LogP contribution in [0.4, 0.5) is 0 Å². The van der Waals surface area contributed by atoms with E-state index in [0.29, 0.717) is 5.84 Å². The normalized spacial score (nSPS) is 15.5. The van der Waals surface area contributed by atoms with E-state index in [9.17, 15) is 0 Å². The molecule has 1 aliphatic heterocycles. The zero-order chi connectivity index (χ0) is 10.7. The van der Waals surface area contributed by atoms with Crippen LogP contribution in [0.15, 0.2) is 34.5 Å². The van der Waals surface area contributed by atoms with E-state index >= 15 is 0 Å². The molecule has 15 heavy (non-hydrogen) atoms. The predicted octanol–water partition coefficient (Wildman–Crippen LogP) is 1.55. The highest BCUT2D eigenvalue weighted by molar-refractivity contribution is 6.04. The van der Waals surface area contributed by atoms with Gasteiger partial charge in [0.1, 0.15) is 11.6 Å². The molecule has 4 nitrogen and oxygen atoms in total. The standard InChI is InChI=1S/C11H13N3O/c1-15-9-4-2-3-8(7-9)10-5-6-11(12)14-13-10/h2-4,7H,5-6H2,1H3,(H2,12,14). The monoisotopic (exact) mass is 203 g/mol. The Morgan fingerprint density at radius 1 is 1.27 bits per heavy atom. The van der Waals surface area contributed by atoms with Gasteiger partial charge in [-0.3, -0.25) is 0 Å². The lowest BCUT2D eigenvalue weighted by Crippen LogP contribution is -2.17. The molecule has 0 bridgehead atoms. The Morgan fingerprint density at radius 3 is 2.80 bits per heavy atom. The molecule has 0 aliphatic carbocycles. The third kappa shape index (κ3) is 2.15. The average molecular weight is 203 g/mol. The molecular weight excluding hydrogens is 190 g/mol. The maximum absolute atomic E-state index is 5.55. The van der Waals surface area contributed by atoms with E-state index in [4.69, 9.17) is 10.5 Å². The van der Waals surface area contributed by atoms with Crippen molar-refractivity contribution in [2.45, 2.75) is 12.8 Å². The second-order valence-electron chi connectivity index (χ2n) is 3.37. The molecule has 4 heteroatoms. The van der Waals surface area contributed by atoms with E-state index < -0.39 is 0 Å². The van der Waals surface area contributed by atoms with Crippen LogP contribution in [0, 0.1) is 0 Å². The topological polar surface area (TPSA) is 60.0 Å². The lowest BCUT2D eigenvalue weighted by molar-refractivity contribution is 0.414. The molecule has 0 spiro atoms.